The predicted octanol–water partition coefficient (Wildman–Crippen LogP) is 6.24. The van der Waals surface area contributed by atoms with E-state index in [1.165, 1.54) is 18.5 Å². The number of alkyl halides is 3. The Kier molecular flexibility index (Phi) is 8.90. The van der Waals surface area contributed by atoms with E-state index in [2.05, 4.69) is 33.6 Å². The molecule has 6 nitrogen and oxygen atoms in total. The molecule has 2 aliphatic rings. The number of rotatable bonds is 6. The van der Waals surface area contributed by atoms with Crippen molar-refractivity contribution in [2.75, 3.05) is 32.7 Å². The van der Waals surface area contributed by atoms with Crippen LogP contribution in [0.5, 0.6) is 0 Å². The van der Waals surface area contributed by atoms with Crippen molar-refractivity contribution in [3.63, 3.8) is 0 Å². The van der Waals surface area contributed by atoms with Crippen molar-refractivity contribution in [3.8, 4) is 0 Å². The highest BCUT2D eigenvalue weighted by Gasteiger charge is 2.41. The number of amides is 1. The molecule has 2 aromatic carbocycles. The van der Waals surface area contributed by atoms with Gasteiger partial charge >= 0.3 is 6.18 Å². The van der Waals surface area contributed by atoms with Crippen molar-refractivity contribution in [2.24, 2.45) is 0 Å². The molecule has 3 aromatic rings. The molecule has 10 heteroatoms. The Bertz CT molecular complexity index is 1420. The molecule has 2 aliphatic heterocycles. The normalized spacial score (nSPS) is 20.7. The molecule has 0 spiro atoms. The first-order valence-electron chi connectivity index (χ1n) is 14.9. The summed E-state index contributed by atoms with van der Waals surface area (Å²) in [6.07, 6.45) is -0.761. The van der Waals surface area contributed by atoms with Crippen LogP contribution in [0, 0.1) is 19.7 Å². The molecule has 0 radical (unpaired) electrons. The third-order valence-corrected chi connectivity index (χ3v) is 9.35. The molecule has 0 bridgehead atoms. The van der Waals surface area contributed by atoms with Gasteiger partial charge in [0.15, 0.2) is 0 Å². The number of piperidine rings is 1. The number of benzene rings is 2. The number of likely N-dealkylation sites (tertiary alicyclic amines) is 1. The summed E-state index contributed by atoms with van der Waals surface area (Å²) in [6.45, 7) is 11.7. The number of hydrogen-bond donors (Lipinski definition) is 0. The second kappa shape index (κ2) is 12.3. The number of nitrogens with zero attached hydrogens (tertiary/aromatic N) is 5. The summed E-state index contributed by atoms with van der Waals surface area (Å²) < 4.78 is 53.9. The second-order valence-electron chi connectivity index (χ2n) is 12.2. The first-order chi connectivity index (χ1) is 20.4. The predicted molar refractivity (Wildman–Crippen MR) is 157 cm³/mol. The van der Waals surface area contributed by atoms with E-state index in [0.29, 0.717) is 36.5 Å². The molecular weight excluding hydrogens is 558 g/mol. The summed E-state index contributed by atoms with van der Waals surface area (Å²) >= 11 is 0. The van der Waals surface area contributed by atoms with Crippen LogP contribution in [0.3, 0.4) is 0 Å². The van der Waals surface area contributed by atoms with Crippen molar-refractivity contribution >= 4 is 5.91 Å². The molecule has 0 aliphatic carbocycles. The van der Waals surface area contributed by atoms with Gasteiger partial charge in [0.05, 0.1) is 22.5 Å². The van der Waals surface area contributed by atoms with Crippen molar-refractivity contribution in [1.29, 1.82) is 0 Å². The fraction of sp³-hybridized carbons (Fsp3) is 0.485. The van der Waals surface area contributed by atoms with Crippen LogP contribution in [-0.2, 0) is 12.6 Å². The number of carbonyl (C=O) groups excluding carboxylic acids is 1. The number of aromatic nitrogens is 2. The zero-order chi connectivity index (χ0) is 30.9. The molecule has 1 aromatic heterocycles. The number of piperazine rings is 1. The highest BCUT2D eigenvalue weighted by molar-refractivity contribution is 5.96. The van der Waals surface area contributed by atoms with Gasteiger partial charge in [-0.1, -0.05) is 24.3 Å². The van der Waals surface area contributed by atoms with Crippen LogP contribution < -0.4 is 0 Å². The number of halogens is 4. The summed E-state index contributed by atoms with van der Waals surface area (Å²) in [6, 6.07) is 11.7. The van der Waals surface area contributed by atoms with Gasteiger partial charge in [0.1, 0.15) is 12.1 Å². The van der Waals surface area contributed by atoms with E-state index in [1.807, 2.05) is 24.8 Å². The molecule has 2 fully saturated rings. The van der Waals surface area contributed by atoms with Crippen molar-refractivity contribution < 1.29 is 22.4 Å². The molecule has 43 heavy (non-hydrogen) atoms. The Morgan fingerprint density at radius 2 is 1.65 bits per heavy atom. The van der Waals surface area contributed by atoms with Gasteiger partial charge in [-0.2, -0.15) is 13.2 Å². The maximum atomic E-state index is 14.1. The monoisotopic (exact) mass is 597 g/mol. The SMILES string of the molecule is Cc1ncnc(C)c1C(=O)N1CCC(C)(N2CCN([C@H](Cc3cccc(F)c3)c3ccc(C(F)(F)F)cc3)[C@@H](C)C2)CC1. The minimum absolute atomic E-state index is 0.0208. The van der Waals surface area contributed by atoms with E-state index in [1.54, 1.807) is 18.2 Å². The summed E-state index contributed by atoms with van der Waals surface area (Å²) in [5.41, 5.74) is 2.79. The molecule has 5 rings (SSSR count). The number of aryl methyl sites for hydroxylation is 2. The molecular formula is C33H39F4N5O. The summed E-state index contributed by atoms with van der Waals surface area (Å²) in [7, 11) is 0. The highest BCUT2D eigenvalue weighted by Crippen LogP contribution is 2.36. The lowest BCUT2D eigenvalue weighted by Crippen LogP contribution is -2.62. The standard InChI is InChI=1S/C33H39F4N5O/c1-22-20-41(32(4)12-14-40(15-13-32)31(43)30-23(2)38-21-39-24(30)3)16-17-42(22)29(19-25-6-5-7-28(34)18-25)26-8-10-27(11-9-26)33(35,36)37/h5-11,18,21-22,29H,12-17,19-20H2,1-4H3/t22-,29+/m0/s1. The fourth-order valence-corrected chi connectivity index (χ4v) is 6.70. The largest absolute Gasteiger partial charge is 0.416 e. The Morgan fingerprint density at radius 1 is 1.00 bits per heavy atom. The molecule has 0 N–H and O–H groups in total. The van der Waals surface area contributed by atoms with Crippen LogP contribution in [0.1, 0.15) is 71.2 Å². The van der Waals surface area contributed by atoms with E-state index >= 15 is 0 Å². The van der Waals surface area contributed by atoms with Crippen LogP contribution in [0.15, 0.2) is 54.9 Å². The molecule has 2 atom stereocenters. The molecule has 230 valence electrons. The lowest BCUT2D eigenvalue weighted by Gasteiger charge is -2.53. The molecule has 2 saturated heterocycles. The average molecular weight is 598 g/mol. The molecule has 0 unspecified atom stereocenters. The van der Waals surface area contributed by atoms with Gasteiger partial charge in [-0.15, -0.1) is 0 Å². The Labute approximate surface area is 250 Å². The average Bonchev–Trinajstić information content (AvgIpc) is 2.96. The van der Waals surface area contributed by atoms with Crippen molar-refractivity contribution in [2.45, 2.75) is 70.8 Å². The highest BCUT2D eigenvalue weighted by atomic mass is 19.4. The Morgan fingerprint density at radius 3 is 2.23 bits per heavy atom. The topological polar surface area (TPSA) is 52.6 Å². The van der Waals surface area contributed by atoms with Crippen molar-refractivity contribution in [3.05, 3.63) is 94.3 Å². The zero-order valence-corrected chi connectivity index (χ0v) is 25.2. The first-order valence-corrected chi connectivity index (χ1v) is 14.9. The third kappa shape index (κ3) is 6.75. The van der Waals surface area contributed by atoms with E-state index in [0.717, 1.165) is 55.7 Å². The Balaban J connectivity index is 1.29. The van der Waals surface area contributed by atoms with E-state index in [-0.39, 0.29) is 29.3 Å². The van der Waals surface area contributed by atoms with Gasteiger partial charge < -0.3 is 4.90 Å². The number of hydrogen-bond acceptors (Lipinski definition) is 5. The quantitative estimate of drug-likeness (QED) is 0.315. The summed E-state index contributed by atoms with van der Waals surface area (Å²) in [5, 5.41) is 0. The van der Waals surface area contributed by atoms with Crippen LogP contribution in [-0.4, -0.2) is 74.9 Å². The molecule has 0 saturated carbocycles. The van der Waals surface area contributed by atoms with Gasteiger partial charge in [-0.3, -0.25) is 14.6 Å². The maximum Gasteiger partial charge on any atom is 0.416 e. The van der Waals surface area contributed by atoms with Gasteiger partial charge in [-0.05, 0) is 82.3 Å². The minimum Gasteiger partial charge on any atom is -0.338 e. The van der Waals surface area contributed by atoms with Crippen LogP contribution in [0.25, 0.3) is 0 Å². The Hall–Kier alpha value is -3.37. The van der Waals surface area contributed by atoms with E-state index in [4.69, 9.17) is 0 Å². The molecule has 3 heterocycles. The van der Waals surface area contributed by atoms with Gasteiger partial charge in [-0.25, -0.2) is 14.4 Å². The van der Waals surface area contributed by atoms with Crippen molar-refractivity contribution in [1.82, 2.24) is 24.7 Å². The van der Waals surface area contributed by atoms with E-state index in [9.17, 15) is 22.4 Å². The zero-order valence-electron chi connectivity index (χ0n) is 25.2. The lowest BCUT2D eigenvalue weighted by atomic mass is 9.85. The minimum atomic E-state index is -4.41. The summed E-state index contributed by atoms with van der Waals surface area (Å²) in [5.74, 6) is -0.350. The maximum absolute atomic E-state index is 14.1. The van der Waals surface area contributed by atoms with Gasteiger partial charge in [0, 0.05) is 50.3 Å². The summed E-state index contributed by atoms with van der Waals surface area (Å²) in [4.78, 5) is 28.5. The molecule has 1 amide bonds. The van der Waals surface area contributed by atoms with Crippen LogP contribution in [0.2, 0.25) is 0 Å². The lowest BCUT2D eigenvalue weighted by molar-refractivity contribution is -0.137. The third-order valence-electron chi connectivity index (χ3n) is 9.35. The van der Waals surface area contributed by atoms with E-state index < -0.39 is 11.7 Å². The van der Waals surface area contributed by atoms with Gasteiger partial charge in [0.2, 0.25) is 0 Å². The van der Waals surface area contributed by atoms with Crippen LogP contribution >= 0.6 is 0 Å². The number of carbonyl (C=O) groups is 1. The fourth-order valence-electron chi connectivity index (χ4n) is 6.70. The van der Waals surface area contributed by atoms with Crippen LogP contribution in [0.4, 0.5) is 17.6 Å². The first kappa shape index (κ1) is 31.1. The second-order valence-corrected chi connectivity index (χ2v) is 12.2. The van der Waals surface area contributed by atoms with Gasteiger partial charge in [0.25, 0.3) is 5.91 Å². The smallest absolute Gasteiger partial charge is 0.338 e.